The quantitative estimate of drug-likeness (QED) is 0.453. The Kier molecular flexibility index (Phi) is 6.50. The van der Waals surface area contributed by atoms with E-state index in [1.54, 1.807) is 0 Å². The number of hydrogen-bond acceptors (Lipinski definition) is 2. The van der Waals surface area contributed by atoms with Gasteiger partial charge in [0.1, 0.15) is 0 Å². The van der Waals surface area contributed by atoms with Crippen LogP contribution in [0.15, 0.2) is 24.3 Å². The van der Waals surface area contributed by atoms with Crippen molar-refractivity contribution >= 4 is 23.2 Å². The standard InChI is InChI=1S/C15H23N2O2S.BF4/c1-13-3-5-14(6-4-13)16(2)20(18,15-7-8-15)17-9-11-19-12-10-17;2-1(3,4)5/h3-6,15H,7-12H2,1-2H3;/q+1;-1. The average molecular weight is 382 g/mol. The zero-order valence-corrected chi connectivity index (χ0v) is 15.2. The summed E-state index contributed by atoms with van der Waals surface area (Å²) in [6.07, 6.45) is 2.15. The molecule has 142 valence electrons. The molecule has 10 heteroatoms. The Morgan fingerprint density at radius 2 is 1.60 bits per heavy atom. The van der Waals surface area contributed by atoms with Crippen molar-refractivity contribution in [2.24, 2.45) is 0 Å². The second-order valence-electron chi connectivity index (χ2n) is 6.11. The predicted octanol–water partition coefficient (Wildman–Crippen LogP) is 3.56. The van der Waals surface area contributed by atoms with Gasteiger partial charge in [-0.25, -0.2) is 0 Å². The maximum atomic E-state index is 13.7. The van der Waals surface area contributed by atoms with E-state index in [4.69, 9.17) is 4.74 Å². The van der Waals surface area contributed by atoms with Crippen LogP contribution in [0.3, 0.4) is 0 Å². The lowest BCUT2D eigenvalue weighted by Crippen LogP contribution is -2.54. The minimum atomic E-state index is -6.00. The molecular formula is C15H23BF4N2O2S. The Bertz CT molecular complexity index is 599. The molecule has 3 rings (SSSR count). The van der Waals surface area contributed by atoms with Crippen LogP contribution >= 0.6 is 0 Å². The predicted molar refractivity (Wildman–Crippen MR) is 93.2 cm³/mol. The molecule has 1 saturated heterocycles. The summed E-state index contributed by atoms with van der Waals surface area (Å²) in [5.41, 5.74) is 2.27. The van der Waals surface area contributed by atoms with E-state index in [1.807, 2.05) is 11.4 Å². The van der Waals surface area contributed by atoms with Crippen LogP contribution in [0.4, 0.5) is 23.0 Å². The molecule has 1 aromatic rings. The highest BCUT2D eigenvalue weighted by molar-refractivity contribution is 8.02. The number of anilines is 1. The molecule has 0 N–H and O–H groups in total. The monoisotopic (exact) mass is 382 g/mol. The van der Waals surface area contributed by atoms with Gasteiger partial charge in [0.25, 0.3) is 10.3 Å². The van der Waals surface area contributed by atoms with Crippen LogP contribution in [0.2, 0.25) is 0 Å². The van der Waals surface area contributed by atoms with E-state index in [-0.39, 0.29) is 0 Å². The first-order valence-corrected chi connectivity index (χ1v) is 9.69. The number of halogens is 4. The van der Waals surface area contributed by atoms with Gasteiger partial charge < -0.3 is 22.0 Å². The van der Waals surface area contributed by atoms with Crippen molar-refractivity contribution in [2.75, 3.05) is 37.7 Å². The summed E-state index contributed by atoms with van der Waals surface area (Å²) in [6.45, 7) is 4.98. The molecule has 0 radical (unpaired) electrons. The molecule has 1 heterocycles. The zero-order chi connectivity index (χ0) is 18.7. The molecule has 0 amide bonds. The second-order valence-corrected chi connectivity index (χ2v) is 8.91. The second kappa shape index (κ2) is 8.05. The largest absolute Gasteiger partial charge is 0.673 e. The smallest absolute Gasteiger partial charge is 0.418 e. The molecular weight excluding hydrogens is 359 g/mol. The van der Waals surface area contributed by atoms with E-state index in [9.17, 15) is 21.5 Å². The third kappa shape index (κ3) is 5.68. The van der Waals surface area contributed by atoms with E-state index in [1.165, 1.54) is 5.56 Å². The highest BCUT2D eigenvalue weighted by Gasteiger charge is 2.56. The Labute approximate surface area is 146 Å². The lowest BCUT2D eigenvalue weighted by atomic mass is 10.2. The van der Waals surface area contributed by atoms with Gasteiger partial charge in [-0.05, 0) is 19.1 Å². The number of rotatable bonds is 4. The molecule has 0 spiro atoms. The summed E-state index contributed by atoms with van der Waals surface area (Å²) in [5, 5.41) is 0.312. The molecule has 0 bridgehead atoms. The van der Waals surface area contributed by atoms with Crippen LogP contribution in [0.1, 0.15) is 18.4 Å². The van der Waals surface area contributed by atoms with Crippen LogP contribution in [-0.4, -0.2) is 50.2 Å². The minimum absolute atomic E-state index is 0.312. The fourth-order valence-electron chi connectivity index (χ4n) is 2.70. The third-order valence-corrected chi connectivity index (χ3v) is 7.53. The number of ether oxygens (including phenoxy) is 1. The van der Waals surface area contributed by atoms with Crippen molar-refractivity contribution in [1.29, 1.82) is 0 Å². The molecule has 25 heavy (non-hydrogen) atoms. The van der Waals surface area contributed by atoms with Crippen molar-refractivity contribution in [3.05, 3.63) is 29.8 Å². The van der Waals surface area contributed by atoms with Crippen molar-refractivity contribution < 1.29 is 26.2 Å². The van der Waals surface area contributed by atoms with Crippen molar-refractivity contribution in [2.45, 2.75) is 25.0 Å². The first-order chi connectivity index (χ1) is 11.6. The summed E-state index contributed by atoms with van der Waals surface area (Å²) < 4.78 is 62.3. The summed E-state index contributed by atoms with van der Waals surface area (Å²) >= 11 is 0. The topological polar surface area (TPSA) is 32.8 Å². The lowest BCUT2D eigenvalue weighted by Gasteiger charge is -2.33. The molecule has 2 aliphatic rings. The Morgan fingerprint density at radius 1 is 1.12 bits per heavy atom. The average Bonchev–Trinajstić information content (AvgIpc) is 3.39. The maximum Gasteiger partial charge on any atom is 0.673 e. The number of benzene rings is 1. The number of aryl methyl sites for hydroxylation is 1. The van der Waals surface area contributed by atoms with Crippen LogP contribution in [0.25, 0.3) is 0 Å². The lowest BCUT2D eigenvalue weighted by molar-refractivity contribution is 0.0734. The summed E-state index contributed by atoms with van der Waals surface area (Å²) in [7, 11) is -6.18. The van der Waals surface area contributed by atoms with Gasteiger partial charge in [0.2, 0.25) is 0 Å². The van der Waals surface area contributed by atoms with Crippen LogP contribution in [0, 0.1) is 6.92 Å². The van der Waals surface area contributed by atoms with E-state index in [0.29, 0.717) is 18.5 Å². The van der Waals surface area contributed by atoms with Gasteiger partial charge in [0.15, 0.2) is 5.25 Å². The summed E-state index contributed by atoms with van der Waals surface area (Å²) in [5.74, 6) is 0. The van der Waals surface area contributed by atoms with E-state index >= 15 is 0 Å². The van der Waals surface area contributed by atoms with Crippen molar-refractivity contribution in [1.82, 2.24) is 4.31 Å². The van der Waals surface area contributed by atoms with E-state index in [0.717, 1.165) is 31.6 Å². The maximum absolute atomic E-state index is 13.7. The van der Waals surface area contributed by atoms with E-state index < -0.39 is 17.6 Å². The fraction of sp³-hybridized carbons (Fsp3) is 0.600. The van der Waals surface area contributed by atoms with Gasteiger partial charge >= 0.3 is 7.25 Å². The Hall–Kier alpha value is -1.13. The molecule has 1 saturated carbocycles. The Morgan fingerprint density at radius 3 is 2.04 bits per heavy atom. The number of nitrogens with zero attached hydrogens (tertiary/aromatic N) is 2. The van der Waals surface area contributed by atoms with Crippen LogP contribution in [0.5, 0.6) is 0 Å². The van der Waals surface area contributed by atoms with Gasteiger partial charge in [-0.2, -0.15) is 4.31 Å². The molecule has 1 unspecified atom stereocenters. The Balaban J connectivity index is 0.000000399. The first kappa shape index (κ1) is 20.2. The van der Waals surface area contributed by atoms with Gasteiger partial charge in [0.05, 0.1) is 39.0 Å². The molecule has 1 aliphatic carbocycles. The SMILES string of the molecule is Cc1ccc(N(C)[S+](=O)(C2CC2)N2CCOCC2)cc1.F[B-](F)(F)F. The van der Waals surface area contributed by atoms with Crippen LogP contribution in [-0.2, 0) is 19.3 Å². The van der Waals surface area contributed by atoms with Gasteiger partial charge in [-0.1, -0.05) is 26.2 Å². The van der Waals surface area contributed by atoms with Crippen molar-refractivity contribution in [3.8, 4) is 0 Å². The number of hydrogen-bond donors (Lipinski definition) is 0. The highest BCUT2D eigenvalue weighted by atomic mass is 32.3. The molecule has 0 aromatic heterocycles. The molecule has 1 atom stereocenters. The van der Waals surface area contributed by atoms with Gasteiger partial charge in [-0.3, -0.25) is 0 Å². The van der Waals surface area contributed by atoms with E-state index in [2.05, 4.69) is 35.5 Å². The molecule has 2 fully saturated rings. The normalized spacial score (nSPS) is 21.0. The number of morpholine rings is 1. The molecule has 1 aliphatic heterocycles. The fourth-order valence-corrected chi connectivity index (χ4v) is 5.76. The summed E-state index contributed by atoms with van der Waals surface area (Å²) in [6, 6.07) is 8.30. The van der Waals surface area contributed by atoms with Crippen molar-refractivity contribution in [3.63, 3.8) is 0 Å². The molecule has 1 aromatic carbocycles. The molecule has 4 nitrogen and oxygen atoms in total. The first-order valence-electron chi connectivity index (χ1n) is 8.16. The highest BCUT2D eigenvalue weighted by Crippen LogP contribution is 2.40. The van der Waals surface area contributed by atoms with Crippen LogP contribution < -0.4 is 4.31 Å². The third-order valence-electron chi connectivity index (χ3n) is 4.09. The van der Waals surface area contributed by atoms with Gasteiger partial charge in [0, 0.05) is 12.8 Å². The minimum Gasteiger partial charge on any atom is -0.418 e. The zero-order valence-electron chi connectivity index (χ0n) is 14.3. The van der Waals surface area contributed by atoms with Gasteiger partial charge in [-0.15, -0.1) is 0 Å². The summed E-state index contributed by atoms with van der Waals surface area (Å²) in [4.78, 5) is 0.